The lowest BCUT2D eigenvalue weighted by atomic mass is 10.1. The average Bonchev–Trinajstić information content (AvgIpc) is 2.96. The predicted molar refractivity (Wildman–Crippen MR) is 89.0 cm³/mol. The van der Waals surface area contributed by atoms with Crippen molar-refractivity contribution in [1.29, 1.82) is 0 Å². The summed E-state index contributed by atoms with van der Waals surface area (Å²) in [6.07, 6.45) is 1.07. The molecule has 0 spiro atoms. The fourth-order valence-electron chi connectivity index (χ4n) is 2.62. The molecule has 1 aliphatic rings. The third-order valence-corrected chi connectivity index (χ3v) is 3.70. The van der Waals surface area contributed by atoms with Gasteiger partial charge < -0.3 is 19.7 Å². The molecular weight excluding hydrogens is 304 g/mol. The quantitative estimate of drug-likeness (QED) is 0.776. The van der Waals surface area contributed by atoms with Gasteiger partial charge in [-0.05, 0) is 44.1 Å². The molecule has 0 aliphatic carbocycles. The molecule has 1 aliphatic heterocycles. The Kier molecular flexibility index (Phi) is 8.24. The monoisotopic (exact) mass is 328 g/mol. The highest BCUT2D eigenvalue weighted by molar-refractivity contribution is 5.94. The van der Waals surface area contributed by atoms with Gasteiger partial charge in [-0.1, -0.05) is 6.07 Å². The summed E-state index contributed by atoms with van der Waals surface area (Å²) in [6.45, 7) is 3.65. The Balaban J connectivity index is 0.00000242. The van der Waals surface area contributed by atoms with Gasteiger partial charge in [-0.25, -0.2) is 0 Å². The van der Waals surface area contributed by atoms with Crippen molar-refractivity contribution in [2.24, 2.45) is 5.92 Å². The molecule has 22 heavy (non-hydrogen) atoms. The van der Waals surface area contributed by atoms with E-state index in [-0.39, 0.29) is 18.3 Å². The van der Waals surface area contributed by atoms with E-state index in [1.165, 1.54) is 0 Å². The minimum absolute atomic E-state index is 0. The maximum atomic E-state index is 12.5. The number of hydrogen-bond acceptors (Lipinski definition) is 4. The Hall–Kier alpha value is -1.30. The zero-order chi connectivity index (χ0) is 15.1. The molecule has 1 atom stereocenters. The standard InChI is InChI=1S/C16H24N2O3.ClH/c1-17-11-13-6-7-18(12-13)16(19)14-4-3-5-15(10-14)21-9-8-20-2;/h3-5,10,13,17H,6-9,11-12H2,1-2H3;1H. The molecule has 1 heterocycles. The Labute approximate surface area is 138 Å². The lowest BCUT2D eigenvalue weighted by Crippen LogP contribution is -2.30. The summed E-state index contributed by atoms with van der Waals surface area (Å²) >= 11 is 0. The van der Waals surface area contributed by atoms with Crippen LogP contribution in [0.4, 0.5) is 0 Å². The van der Waals surface area contributed by atoms with E-state index in [0.29, 0.717) is 30.4 Å². The number of hydrogen-bond donors (Lipinski definition) is 1. The molecule has 1 unspecified atom stereocenters. The lowest BCUT2D eigenvalue weighted by Gasteiger charge is -2.17. The number of methoxy groups -OCH3 is 1. The minimum atomic E-state index is 0. The summed E-state index contributed by atoms with van der Waals surface area (Å²) in [5.41, 5.74) is 0.690. The van der Waals surface area contributed by atoms with E-state index >= 15 is 0 Å². The third-order valence-electron chi connectivity index (χ3n) is 3.70. The van der Waals surface area contributed by atoms with Crippen LogP contribution in [0, 0.1) is 5.92 Å². The van der Waals surface area contributed by atoms with Gasteiger partial charge in [-0.15, -0.1) is 12.4 Å². The van der Waals surface area contributed by atoms with E-state index in [4.69, 9.17) is 9.47 Å². The molecule has 5 nitrogen and oxygen atoms in total. The molecule has 1 aromatic rings. The van der Waals surface area contributed by atoms with Crippen LogP contribution in [0.2, 0.25) is 0 Å². The number of nitrogens with zero attached hydrogens (tertiary/aromatic N) is 1. The van der Waals surface area contributed by atoms with Crippen LogP contribution < -0.4 is 10.1 Å². The fraction of sp³-hybridized carbons (Fsp3) is 0.562. The summed E-state index contributed by atoms with van der Waals surface area (Å²) in [7, 11) is 3.59. The van der Waals surface area contributed by atoms with E-state index < -0.39 is 0 Å². The highest BCUT2D eigenvalue weighted by Gasteiger charge is 2.26. The smallest absolute Gasteiger partial charge is 0.253 e. The zero-order valence-electron chi connectivity index (χ0n) is 13.2. The molecule has 0 radical (unpaired) electrons. The van der Waals surface area contributed by atoms with Crippen LogP contribution in [-0.4, -0.2) is 57.8 Å². The largest absolute Gasteiger partial charge is 0.491 e. The average molecular weight is 329 g/mol. The number of rotatable bonds is 7. The van der Waals surface area contributed by atoms with Crippen molar-refractivity contribution in [1.82, 2.24) is 10.2 Å². The molecule has 1 saturated heterocycles. The molecule has 1 aromatic carbocycles. The van der Waals surface area contributed by atoms with Crippen molar-refractivity contribution in [3.63, 3.8) is 0 Å². The molecule has 2 rings (SSSR count). The van der Waals surface area contributed by atoms with Gasteiger partial charge in [-0.2, -0.15) is 0 Å². The molecule has 0 aromatic heterocycles. The number of carbonyl (C=O) groups is 1. The summed E-state index contributed by atoms with van der Waals surface area (Å²) in [5, 5.41) is 3.18. The highest BCUT2D eigenvalue weighted by atomic mass is 35.5. The summed E-state index contributed by atoms with van der Waals surface area (Å²) in [6, 6.07) is 7.37. The van der Waals surface area contributed by atoms with E-state index in [1.807, 2.05) is 36.2 Å². The Morgan fingerprint density at radius 1 is 1.41 bits per heavy atom. The van der Waals surface area contributed by atoms with Crippen molar-refractivity contribution in [2.45, 2.75) is 6.42 Å². The van der Waals surface area contributed by atoms with Crippen LogP contribution in [0.15, 0.2) is 24.3 Å². The van der Waals surface area contributed by atoms with Crippen molar-refractivity contribution in [3.8, 4) is 5.75 Å². The number of amides is 1. The first kappa shape index (κ1) is 18.7. The van der Waals surface area contributed by atoms with Gasteiger partial charge in [0.05, 0.1) is 6.61 Å². The first-order valence-electron chi connectivity index (χ1n) is 7.40. The molecule has 6 heteroatoms. The molecule has 0 bridgehead atoms. The van der Waals surface area contributed by atoms with Gasteiger partial charge in [0, 0.05) is 25.8 Å². The molecule has 1 N–H and O–H groups in total. The fourth-order valence-corrected chi connectivity index (χ4v) is 2.62. The lowest BCUT2D eigenvalue weighted by molar-refractivity contribution is 0.0786. The Morgan fingerprint density at radius 2 is 2.23 bits per heavy atom. The van der Waals surface area contributed by atoms with Crippen molar-refractivity contribution >= 4 is 18.3 Å². The van der Waals surface area contributed by atoms with Gasteiger partial charge in [-0.3, -0.25) is 4.79 Å². The second-order valence-corrected chi connectivity index (χ2v) is 5.33. The van der Waals surface area contributed by atoms with E-state index in [1.54, 1.807) is 7.11 Å². The molecule has 124 valence electrons. The van der Waals surface area contributed by atoms with Crippen LogP contribution in [0.1, 0.15) is 16.8 Å². The Bertz CT molecular complexity index is 470. The third kappa shape index (κ3) is 5.16. The molecule has 0 saturated carbocycles. The van der Waals surface area contributed by atoms with Gasteiger partial charge in [0.1, 0.15) is 12.4 Å². The number of likely N-dealkylation sites (tertiary alicyclic amines) is 1. The van der Waals surface area contributed by atoms with Gasteiger partial charge in [0.25, 0.3) is 5.91 Å². The van der Waals surface area contributed by atoms with E-state index in [9.17, 15) is 4.79 Å². The normalized spacial score (nSPS) is 17.2. The second kappa shape index (κ2) is 9.66. The van der Waals surface area contributed by atoms with Crippen molar-refractivity contribution < 1.29 is 14.3 Å². The van der Waals surface area contributed by atoms with E-state index in [2.05, 4.69) is 5.32 Å². The first-order chi connectivity index (χ1) is 10.2. The topological polar surface area (TPSA) is 50.8 Å². The summed E-state index contributed by atoms with van der Waals surface area (Å²) < 4.78 is 10.5. The van der Waals surface area contributed by atoms with Crippen molar-refractivity contribution in [3.05, 3.63) is 29.8 Å². The predicted octanol–water partition coefficient (Wildman–Crippen LogP) is 1.82. The van der Waals surface area contributed by atoms with Crippen LogP contribution in [-0.2, 0) is 4.74 Å². The minimum Gasteiger partial charge on any atom is -0.491 e. The number of carbonyl (C=O) groups excluding carboxylic acids is 1. The highest BCUT2D eigenvalue weighted by Crippen LogP contribution is 2.20. The Morgan fingerprint density at radius 3 is 2.95 bits per heavy atom. The zero-order valence-corrected chi connectivity index (χ0v) is 14.0. The number of nitrogens with one attached hydrogen (secondary N) is 1. The molecule has 1 amide bonds. The number of halogens is 1. The maximum Gasteiger partial charge on any atom is 0.253 e. The summed E-state index contributed by atoms with van der Waals surface area (Å²) in [5.74, 6) is 1.36. The molecular formula is C16H25ClN2O3. The van der Waals surface area contributed by atoms with Crippen LogP contribution >= 0.6 is 12.4 Å². The van der Waals surface area contributed by atoms with Crippen molar-refractivity contribution in [2.75, 3.05) is 47.0 Å². The van der Waals surface area contributed by atoms with Gasteiger partial charge in [0.15, 0.2) is 0 Å². The maximum absolute atomic E-state index is 12.5. The number of ether oxygens (including phenoxy) is 2. The summed E-state index contributed by atoms with van der Waals surface area (Å²) in [4.78, 5) is 14.4. The number of benzene rings is 1. The van der Waals surface area contributed by atoms with Gasteiger partial charge in [0.2, 0.25) is 0 Å². The van der Waals surface area contributed by atoms with Crippen LogP contribution in [0.25, 0.3) is 0 Å². The van der Waals surface area contributed by atoms with Crippen LogP contribution in [0.3, 0.4) is 0 Å². The van der Waals surface area contributed by atoms with Gasteiger partial charge >= 0.3 is 0 Å². The van der Waals surface area contributed by atoms with E-state index in [0.717, 1.165) is 26.1 Å². The molecule has 1 fully saturated rings. The second-order valence-electron chi connectivity index (χ2n) is 5.33. The SMILES string of the molecule is CNCC1CCN(C(=O)c2cccc(OCCOC)c2)C1.Cl. The van der Waals surface area contributed by atoms with Crippen LogP contribution in [0.5, 0.6) is 5.75 Å². The first-order valence-corrected chi connectivity index (χ1v) is 7.40.